The zero-order chi connectivity index (χ0) is 9.52. The second-order valence-electron chi connectivity index (χ2n) is 3.55. The van der Waals surface area contributed by atoms with E-state index in [0.717, 1.165) is 25.9 Å². The smallest absolute Gasteiger partial charge is 0.308 e. The first-order chi connectivity index (χ1) is 6.34. The number of carbonyl (C=O) groups excluding carboxylic acids is 1. The summed E-state index contributed by atoms with van der Waals surface area (Å²) in [5.41, 5.74) is 0. The topological polar surface area (TPSA) is 38.3 Å². The summed E-state index contributed by atoms with van der Waals surface area (Å²) >= 11 is 0. The summed E-state index contributed by atoms with van der Waals surface area (Å²) in [7, 11) is 0. The quantitative estimate of drug-likeness (QED) is 0.480. The van der Waals surface area contributed by atoms with Crippen molar-refractivity contribution in [3.05, 3.63) is 0 Å². The summed E-state index contributed by atoms with van der Waals surface area (Å²) in [6.45, 7) is 4.50. The molecule has 1 fully saturated rings. The Hall–Kier alpha value is -0.570. The monoisotopic (exact) mass is 185 g/mol. The molecule has 0 aromatic rings. The Kier molecular flexibility index (Phi) is 4.83. The van der Waals surface area contributed by atoms with E-state index in [-0.39, 0.29) is 11.9 Å². The minimum Gasteiger partial charge on any atom is -0.464 e. The zero-order valence-corrected chi connectivity index (χ0v) is 8.34. The Bertz CT molecular complexity index is 155. The van der Waals surface area contributed by atoms with Gasteiger partial charge in [0.2, 0.25) is 0 Å². The van der Waals surface area contributed by atoms with Crippen molar-refractivity contribution in [3.63, 3.8) is 0 Å². The molecule has 0 aliphatic heterocycles. The van der Waals surface area contributed by atoms with Crippen LogP contribution >= 0.6 is 0 Å². The molecule has 3 nitrogen and oxygen atoms in total. The minimum atomic E-state index is -0.00251. The van der Waals surface area contributed by atoms with Gasteiger partial charge in [-0.25, -0.2) is 0 Å². The highest BCUT2D eigenvalue weighted by Crippen LogP contribution is 2.29. The van der Waals surface area contributed by atoms with Crippen LogP contribution < -0.4 is 5.32 Å². The number of hydrogen-bond donors (Lipinski definition) is 1. The summed E-state index contributed by atoms with van der Waals surface area (Å²) in [6.07, 6.45) is 4.45. The Morgan fingerprint density at radius 2 is 2.23 bits per heavy atom. The van der Waals surface area contributed by atoms with Gasteiger partial charge in [0.05, 0.1) is 5.92 Å². The van der Waals surface area contributed by atoms with E-state index in [2.05, 4.69) is 12.2 Å². The fourth-order valence-electron chi connectivity index (χ4n) is 1.09. The minimum absolute atomic E-state index is 0.00251. The maximum atomic E-state index is 11.0. The van der Waals surface area contributed by atoms with E-state index in [1.54, 1.807) is 0 Å². The third kappa shape index (κ3) is 4.88. The Morgan fingerprint density at radius 1 is 1.46 bits per heavy atom. The normalized spacial score (nSPS) is 15.8. The Morgan fingerprint density at radius 3 is 2.85 bits per heavy atom. The van der Waals surface area contributed by atoms with Crippen molar-refractivity contribution < 1.29 is 9.53 Å². The van der Waals surface area contributed by atoms with Crippen LogP contribution in [0.25, 0.3) is 0 Å². The van der Waals surface area contributed by atoms with E-state index in [9.17, 15) is 4.79 Å². The molecule has 0 aromatic carbocycles. The standard InChI is InChI=1S/C10H19NO2/c1-2-3-6-11-7-8-13-10(12)9-4-5-9/h9,11H,2-8H2,1H3. The molecule has 0 unspecified atom stereocenters. The van der Waals surface area contributed by atoms with Gasteiger partial charge < -0.3 is 10.1 Å². The number of hydrogen-bond acceptors (Lipinski definition) is 3. The third-order valence-corrected chi connectivity index (χ3v) is 2.14. The number of rotatable bonds is 7. The van der Waals surface area contributed by atoms with Crippen LogP contribution in [0, 0.1) is 5.92 Å². The van der Waals surface area contributed by atoms with Gasteiger partial charge in [0.1, 0.15) is 6.61 Å². The lowest BCUT2D eigenvalue weighted by Gasteiger charge is -2.04. The van der Waals surface area contributed by atoms with E-state index in [4.69, 9.17) is 4.74 Å². The van der Waals surface area contributed by atoms with Gasteiger partial charge in [0.15, 0.2) is 0 Å². The second-order valence-corrected chi connectivity index (χ2v) is 3.55. The van der Waals surface area contributed by atoms with Gasteiger partial charge in [0, 0.05) is 6.54 Å². The van der Waals surface area contributed by atoms with Crippen LogP contribution in [0.3, 0.4) is 0 Å². The van der Waals surface area contributed by atoms with Crippen molar-refractivity contribution in [2.24, 2.45) is 5.92 Å². The van der Waals surface area contributed by atoms with Gasteiger partial charge in [-0.1, -0.05) is 13.3 Å². The summed E-state index contributed by atoms with van der Waals surface area (Å²) in [4.78, 5) is 11.0. The lowest BCUT2D eigenvalue weighted by atomic mass is 10.3. The van der Waals surface area contributed by atoms with E-state index in [1.165, 1.54) is 12.8 Å². The average Bonchev–Trinajstić information content (AvgIpc) is 2.93. The number of esters is 1. The molecule has 1 aliphatic rings. The van der Waals surface area contributed by atoms with Crippen molar-refractivity contribution in [1.82, 2.24) is 5.32 Å². The molecule has 0 atom stereocenters. The van der Waals surface area contributed by atoms with Crippen molar-refractivity contribution in [3.8, 4) is 0 Å². The molecule has 76 valence electrons. The lowest BCUT2D eigenvalue weighted by Crippen LogP contribution is -2.22. The van der Waals surface area contributed by atoms with Gasteiger partial charge in [-0.2, -0.15) is 0 Å². The van der Waals surface area contributed by atoms with Crippen molar-refractivity contribution >= 4 is 5.97 Å². The average molecular weight is 185 g/mol. The molecule has 13 heavy (non-hydrogen) atoms. The molecule has 1 N–H and O–H groups in total. The summed E-state index contributed by atoms with van der Waals surface area (Å²) in [5.74, 6) is 0.230. The fraction of sp³-hybridized carbons (Fsp3) is 0.900. The van der Waals surface area contributed by atoms with E-state index in [1.807, 2.05) is 0 Å². The molecule has 1 saturated carbocycles. The maximum absolute atomic E-state index is 11.0. The Labute approximate surface area is 79.8 Å². The van der Waals surface area contributed by atoms with Gasteiger partial charge in [-0.05, 0) is 25.8 Å². The molecule has 0 saturated heterocycles. The second kappa shape index (κ2) is 5.97. The fourth-order valence-corrected chi connectivity index (χ4v) is 1.09. The van der Waals surface area contributed by atoms with Crippen molar-refractivity contribution in [2.75, 3.05) is 19.7 Å². The van der Waals surface area contributed by atoms with Crippen LogP contribution in [0.4, 0.5) is 0 Å². The van der Waals surface area contributed by atoms with Crippen LogP contribution in [0.2, 0.25) is 0 Å². The Balaban J connectivity index is 1.80. The van der Waals surface area contributed by atoms with E-state index < -0.39 is 0 Å². The highest BCUT2D eigenvalue weighted by Gasteiger charge is 2.30. The lowest BCUT2D eigenvalue weighted by molar-refractivity contribution is -0.145. The molecular formula is C10H19NO2. The molecule has 0 radical (unpaired) electrons. The molecule has 3 heteroatoms. The highest BCUT2D eigenvalue weighted by atomic mass is 16.5. The van der Waals surface area contributed by atoms with Crippen molar-refractivity contribution in [2.45, 2.75) is 32.6 Å². The number of unbranched alkanes of at least 4 members (excludes halogenated alkanes) is 1. The highest BCUT2D eigenvalue weighted by molar-refractivity contribution is 5.74. The number of carbonyl (C=O) groups is 1. The van der Waals surface area contributed by atoms with Crippen LogP contribution in [0.1, 0.15) is 32.6 Å². The maximum Gasteiger partial charge on any atom is 0.308 e. The predicted octanol–water partition coefficient (Wildman–Crippen LogP) is 1.33. The van der Waals surface area contributed by atoms with E-state index in [0.29, 0.717) is 6.61 Å². The molecule has 1 aliphatic carbocycles. The predicted molar refractivity (Wildman–Crippen MR) is 51.5 cm³/mol. The van der Waals surface area contributed by atoms with Crippen LogP contribution in [0.15, 0.2) is 0 Å². The molecule has 0 heterocycles. The number of nitrogens with one attached hydrogen (secondary N) is 1. The van der Waals surface area contributed by atoms with Crippen molar-refractivity contribution in [1.29, 1.82) is 0 Å². The van der Waals surface area contributed by atoms with E-state index >= 15 is 0 Å². The SMILES string of the molecule is CCCCNCCOC(=O)C1CC1. The van der Waals surface area contributed by atoms with Gasteiger partial charge in [-0.15, -0.1) is 0 Å². The summed E-state index contributed by atoms with van der Waals surface area (Å²) < 4.78 is 5.04. The molecule has 0 bridgehead atoms. The first-order valence-corrected chi connectivity index (χ1v) is 5.22. The first-order valence-electron chi connectivity index (χ1n) is 5.22. The van der Waals surface area contributed by atoms with Gasteiger partial charge in [-0.3, -0.25) is 4.79 Å². The summed E-state index contributed by atoms with van der Waals surface area (Å²) in [6, 6.07) is 0. The van der Waals surface area contributed by atoms with Crippen LogP contribution in [0.5, 0.6) is 0 Å². The summed E-state index contributed by atoms with van der Waals surface area (Å²) in [5, 5.41) is 3.22. The van der Waals surface area contributed by atoms with Crippen LogP contribution in [-0.4, -0.2) is 25.7 Å². The zero-order valence-electron chi connectivity index (χ0n) is 8.34. The molecule has 1 rings (SSSR count). The third-order valence-electron chi connectivity index (χ3n) is 2.14. The van der Waals surface area contributed by atoms with Crippen LogP contribution in [-0.2, 0) is 9.53 Å². The van der Waals surface area contributed by atoms with Gasteiger partial charge >= 0.3 is 5.97 Å². The molecule has 0 amide bonds. The van der Waals surface area contributed by atoms with Gasteiger partial charge in [0.25, 0.3) is 0 Å². The number of ether oxygens (including phenoxy) is 1. The molecule has 0 aromatic heterocycles. The first kappa shape index (κ1) is 10.5. The molecular weight excluding hydrogens is 166 g/mol. The largest absolute Gasteiger partial charge is 0.464 e. The molecule has 0 spiro atoms.